The summed E-state index contributed by atoms with van der Waals surface area (Å²) in [6.07, 6.45) is 11.3. The van der Waals surface area contributed by atoms with Crippen molar-refractivity contribution in [3.63, 3.8) is 0 Å². The first-order valence-corrected chi connectivity index (χ1v) is 9.92. The summed E-state index contributed by atoms with van der Waals surface area (Å²) in [5.74, 6) is 0.636. The van der Waals surface area contributed by atoms with Crippen molar-refractivity contribution < 1.29 is 14.3 Å². The molecule has 0 aromatic heterocycles. The average Bonchev–Trinajstić information content (AvgIpc) is 2.97. The number of hydrogen-bond donors (Lipinski definition) is 0. The second-order valence-electron chi connectivity index (χ2n) is 10.5. The largest absolute Gasteiger partial charge is 0.462 e. The number of carbonyl (C=O) groups excluding carboxylic acids is 2. The van der Waals surface area contributed by atoms with E-state index in [1.807, 2.05) is 0 Å². The zero-order valence-electron chi connectivity index (χ0n) is 16.3. The Balaban J connectivity index is 1.86. The maximum atomic E-state index is 12.2. The van der Waals surface area contributed by atoms with E-state index in [1.54, 1.807) is 0 Å². The lowest BCUT2D eigenvalue weighted by Crippen LogP contribution is -2.62. The second-order valence-corrected chi connectivity index (χ2v) is 10.5. The van der Waals surface area contributed by atoms with Gasteiger partial charge in [0.25, 0.3) is 0 Å². The van der Waals surface area contributed by atoms with Crippen LogP contribution in [0.3, 0.4) is 0 Å². The molecule has 4 aliphatic rings. The smallest absolute Gasteiger partial charge is 0.302 e. The maximum Gasteiger partial charge on any atom is 0.302 e. The molecule has 2 unspecified atom stereocenters. The van der Waals surface area contributed by atoms with Gasteiger partial charge >= 0.3 is 5.97 Å². The number of esters is 1. The highest BCUT2D eigenvalue weighted by Crippen LogP contribution is 2.76. The molecule has 0 heterocycles. The summed E-state index contributed by atoms with van der Waals surface area (Å²) >= 11 is 0. The quantitative estimate of drug-likeness (QED) is 0.419. The Bertz CT molecular complexity index is 650. The van der Waals surface area contributed by atoms with Crippen molar-refractivity contribution in [3.8, 4) is 0 Å². The molecule has 4 aliphatic carbocycles. The molecule has 3 nitrogen and oxygen atoms in total. The van der Waals surface area contributed by atoms with E-state index in [4.69, 9.17) is 4.74 Å². The summed E-state index contributed by atoms with van der Waals surface area (Å²) in [6.45, 7) is 10.9. The van der Waals surface area contributed by atoms with E-state index in [0.717, 1.165) is 19.3 Å². The summed E-state index contributed by atoms with van der Waals surface area (Å²) in [4.78, 5) is 24.1. The Kier molecular flexibility index (Phi) is 3.45. The van der Waals surface area contributed by atoms with Gasteiger partial charge in [-0.25, -0.2) is 0 Å². The third kappa shape index (κ3) is 2.04. The average molecular weight is 344 g/mol. The van der Waals surface area contributed by atoms with E-state index >= 15 is 0 Å². The van der Waals surface area contributed by atoms with Gasteiger partial charge in [0.15, 0.2) is 0 Å². The monoisotopic (exact) mass is 344 g/mol. The molecule has 0 radical (unpaired) electrons. The molecule has 0 N–H and O–H groups in total. The van der Waals surface area contributed by atoms with Gasteiger partial charge in [-0.1, -0.05) is 39.8 Å². The molecule has 0 aromatic rings. The molecule has 0 saturated heterocycles. The first-order chi connectivity index (χ1) is 11.6. The zero-order valence-corrected chi connectivity index (χ0v) is 16.3. The number of carbonyl (C=O) groups is 2. The van der Waals surface area contributed by atoms with Gasteiger partial charge in [-0.2, -0.15) is 0 Å². The van der Waals surface area contributed by atoms with Crippen molar-refractivity contribution >= 4 is 12.3 Å². The third-order valence-electron chi connectivity index (χ3n) is 8.71. The highest BCUT2D eigenvalue weighted by molar-refractivity contribution is 5.66. The van der Waals surface area contributed by atoms with Crippen LogP contribution in [-0.4, -0.2) is 18.4 Å². The normalized spacial score (nSPS) is 52.4. The van der Waals surface area contributed by atoms with Gasteiger partial charge in [0.05, 0.1) is 0 Å². The second kappa shape index (κ2) is 4.98. The lowest BCUT2D eigenvalue weighted by Gasteiger charge is -2.64. The number of ether oxygens (including phenoxy) is 1. The van der Waals surface area contributed by atoms with Crippen molar-refractivity contribution in [1.82, 2.24) is 0 Å². The minimum atomic E-state index is -0.183. The Morgan fingerprint density at radius 3 is 2.48 bits per heavy atom. The van der Waals surface area contributed by atoms with Crippen LogP contribution in [0.2, 0.25) is 0 Å². The number of rotatable bonds is 2. The van der Waals surface area contributed by atoms with Crippen LogP contribution in [0.15, 0.2) is 12.2 Å². The van der Waals surface area contributed by atoms with Gasteiger partial charge in [0, 0.05) is 18.3 Å². The molecule has 0 aliphatic heterocycles. The Hall–Kier alpha value is -1.12. The molecule has 0 amide bonds. The summed E-state index contributed by atoms with van der Waals surface area (Å²) in [5.41, 5.74) is 0.205. The third-order valence-corrected chi connectivity index (χ3v) is 8.71. The van der Waals surface area contributed by atoms with Crippen molar-refractivity contribution in [3.05, 3.63) is 12.2 Å². The summed E-state index contributed by atoms with van der Waals surface area (Å²) in [5, 5.41) is 0. The molecule has 2 bridgehead atoms. The van der Waals surface area contributed by atoms with E-state index in [-0.39, 0.29) is 45.6 Å². The van der Waals surface area contributed by atoms with E-state index in [1.165, 1.54) is 26.1 Å². The number of allylic oxidation sites excluding steroid dienone is 2. The minimum Gasteiger partial charge on any atom is -0.462 e. The van der Waals surface area contributed by atoms with Gasteiger partial charge in [-0.15, -0.1) is 0 Å². The Morgan fingerprint density at radius 2 is 1.84 bits per heavy atom. The highest BCUT2D eigenvalue weighted by Gasteiger charge is 2.72. The molecular weight excluding hydrogens is 312 g/mol. The first kappa shape index (κ1) is 17.3. The SMILES string of the molecule is CC(=O)O[C@H]1CCC(C)(C)C2CC[C@]34C=C[C@](C)(C3)[C@H](C=O)C4[C@@]21C. The number of hydrogen-bond acceptors (Lipinski definition) is 3. The zero-order chi connectivity index (χ0) is 18.3. The van der Waals surface area contributed by atoms with Crippen molar-refractivity contribution in [2.24, 2.45) is 39.4 Å². The molecule has 4 rings (SSSR count). The van der Waals surface area contributed by atoms with Gasteiger partial charge in [-0.3, -0.25) is 4.79 Å². The Morgan fingerprint density at radius 1 is 1.12 bits per heavy atom. The standard InChI is InChI=1S/C22H32O3/c1-14(24)25-17-7-8-19(2,3)16-6-9-22-11-10-20(4,13-22)15(12-23)18(22)21(16,17)5/h10-12,15-18H,6-9,13H2,1-5H3/t15-,16?,17+,18?,20-,21+,22+/m1/s1. The fraction of sp³-hybridized carbons (Fsp3) is 0.818. The van der Waals surface area contributed by atoms with Crippen LogP contribution in [0.1, 0.15) is 66.7 Å². The van der Waals surface area contributed by atoms with Crippen molar-refractivity contribution in [1.29, 1.82) is 0 Å². The van der Waals surface area contributed by atoms with Crippen LogP contribution in [-0.2, 0) is 14.3 Å². The highest BCUT2D eigenvalue weighted by atomic mass is 16.5. The summed E-state index contributed by atoms with van der Waals surface area (Å²) in [6, 6.07) is 0. The molecule has 3 fully saturated rings. The fourth-order valence-electron chi connectivity index (χ4n) is 7.90. The lowest BCUT2D eigenvalue weighted by atomic mass is 9.41. The van der Waals surface area contributed by atoms with Gasteiger partial charge in [0.1, 0.15) is 12.4 Å². The molecular formula is C22H32O3. The van der Waals surface area contributed by atoms with Crippen LogP contribution in [0.25, 0.3) is 0 Å². The first-order valence-electron chi connectivity index (χ1n) is 9.92. The molecule has 1 spiro atoms. The summed E-state index contributed by atoms with van der Waals surface area (Å²) < 4.78 is 5.92. The topological polar surface area (TPSA) is 43.4 Å². The minimum absolute atomic E-state index is 0.0212. The molecule has 7 atom stereocenters. The lowest BCUT2D eigenvalue weighted by molar-refractivity contribution is -0.205. The van der Waals surface area contributed by atoms with E-state index < -0.39 is 0 Å². The molecule has 0 aromatic carbocycles. The molecule has 138 valence electrons. The fourth-order valence-corrected chi connectivity index (χ4v) is 7.90. The van der Waals surface area contributed by atoms with Crippen LogP contribution >= 0.6 is 0 Å². The predicted molar refractivity (Wildman–Crippen MR) is 96.7 cm³/mol. The van der Waals surface area contributed by atoms with Crippen LogP contribution in [0, 0.1) is 39.4 Å². The molecule has 3 saturated carbocycles. The van der Waals surface area contributed by atoms with Crippen molar-refractivity contribution in [2.75, 3.05) is 0 Å². The van der Waals surface area contributed by atoms with Crippen LogP contribution in [0.5, 0.6) is 0 Å². The van der Waals surface area contributed by atoms with Gasteiger partial charge < -0.3 is 9.53 Å². The number of fused-ring (bicyclic) bond motifs is 3. The van der Waals surface area contributed by atoms with Gasteiger partial charge in [0.2, 0.25) is 0 Å². The van der Waals surface area contributed by atoms with Gasteiger partial charge in [-0.05, 0) is 60.2 Å². The maximum absolute atomic E-state index is 12.2. The van der Waals surface area contributed by atoms with E-state index in [9.17, 15) is 9.59 Å². The Labute approximate surface area is 151 Å². The van der Waals surface area contributed by atoms with E-state index in [0.29, 0.717) is 5.92 Å². The predicted octanol–water partition coefficient (Wildman–Crippen LogP) is 4.55. The van der Waals surface area contributed by atoms with Crippen LogP contribution < -0.4 is 0 Å². The summed E-state index contributed by atoms with van der Waals surface area (Å²) in [7, 11) is 0. The van der Waals surface area contributed by atoms with Crippen LogP contribution in [0.4, 0.5) is 0 Å². The molecule has 3 heteroatoms. The molecule has 25 heavy (non-hydrogen) atoms. The number of aldehydes is 1. The van der Waals surface area contributed by atoms with E-state index in [2.05, 4.69) is 39.8 Å². The van der Waals surface area contributed by atoms with Crippen molar-refractivity contribution in [2.45, 2.75) is 72.8 Å².